The van der Waals surface area contributed by atoms with Gasteiger partial charge >= 0.3 is 12.1 Å². The number of hydrogen-bond donors (Lipinski definition) is 4. The largest absolute Gasteiger partial charge is 0.508 e. The second-order valence-electron chi connectivity index (χ2n) is 11.4. The van der Waals surface area contributed by atoms with Crippen LogP contribution in [-0.2, 0) is 30.3 Å². The molecule has 0 aromatic heterocycles. The zero-order valence-electron chi connectivity index (χ0n) is 25.9. The van der Waals surface area contributed by atoms with Gasteiger partial charge in [0.05, 0.1) is 7.11 Å². The van der Waals surface area contributed by atoms with Crippen LogP contribution in [-0.4, -0.2) is 70.8 Å². The molecule has 0 heterocycles. The Hall–Kier alpha value is -4.28. The molecule has 236 valence electrons. The van der Waals surface area contributed by atoms with E-state index in [0.29, 0.717) is 23.1 Å². The van der Waals surface area contributed by atoms with Crippen molar-refractivity contribution in [1.29, 1.82) is 0 Å². The molecule has 0 bridgehead atoms. The normalized spacial score (nSPS) is 12.5. The number of rotatable bonds is 14. The molecule has 4 N–H and O–H groups in total. The maximum atomic E-state index is 14.4. The van der Waals surface area contributed by atoms with Crippen LogP contribution < -0.4 is 10.6 Å². The summed E-state index contributed by atoms with van der Waals surface area (Å²) >= 11 is 0. The van der Waals surface area contributed by atoms with Crippen molar-refractivity contribution >= 4 is 23.9 Å². The van der Waals surface area contributed by atoms with Gasteiger partial charge in [-0.05, 0) is 75.1 Å². The molecule has 2 atom stereocenters. The number of nitrogens with one attached hydrogen (secondary N) is 2. The van der Waals surface area contributed by atoms with Crippen molar-refractivity contribution in [2.75, 3.05) is 20.2 Å². The van der Waals surface area contributed by atoms with E-state index in [2.05, 4.69) is 22.3 Å². The highest BCUT2D eigenvalue weighted by Crippen LogP contribution is 2.28. The third-order valence-corrected chi connectivity index (χ3v) is 6.63. The summed E-state index contributed by atoms with van der Waals surface area (Å²) in [4.78, 5) is 54.3. The number of carbonyl (C=O) groups is 4. The summed E-state index contributed by atoms with van der Waals surface area (Å²) in [6.45, 7) is 8.62. The minimum atomic E-state index is -1.19. The number of unbranched alkanes of at least 4 members (excludes halogenated alkanes) is 3. The number of benzene rings is 2. The third-order valence-electron chi connectivity index (χ3n) is 6.63. The Bertz CT molecular complexity index is 1240. The Morgan fingerprint density at radius 2 is 1.65 bits per heavy atom. The summed E-state index contributed by atoms with van der Waals surface area (Å²) < 4.78 is 10.1. The first-order chi connectivity index (χ1) is 20.2. The molecular formula is C32H45N3O8. The molecule has 2 rings (SSSR count). The van der Waals surface area contributed by atoms with Gasteiger partial charge in [0.1, 0.15) is 35.7 Å². The highest BCUT2D eigenvalue weighted by molar-refractivity contribution is 5.93. The monoisotopic (exact) mass is 599 g/mol. The van der Waals surface area contributed by atoms with E-state index in [1.165, 1.54) is 30.2 Å². The molecule has 0 aliphatic rings. The molecule has 0 aliphatic heterocycles. The number of aryl methyl sites for hydroxylation is 1. The van der Waals surface area contributed by atoms with Gasteiger partial charge < -0.3 is 35.2 Å². The van der Waals surface area contributed by atoms with E-state index in [4.69, 9.17) is 4.74 Å². The molecule has 2 unspecified atom stereocenters. The van der Waals surface area contributed by atoms with E-state index in [0.717, 1.165) is 19.3 Å². The van der Waals surface area contributed by atoms with Gasteiger partial charge in [-0.1, -0.05) is 44.4 Å². The van der Waals surface area contributed by atoms with Crippen molar-refractivity contribution in [2.45, 2.75) is 84.4 Å². The van der Waals surface area contributed by atoms with Crippen molar-refractivity contribution in [3.8, 4) is 11.5 Å². The van der Waals surface area contributed by atoms with Crippen LogP contribution in [0, 0.1) is 6.92 Å². The summed E-state index contributed by atoms with van der Waals surface area (Å²) in [5.41, 5.74) is 0.747. The number of phenols is 2. The second-order valence-corrected chi connectivity index (χ2v) is 11.4. The Balaban J connectivity index is 2.60. The van der Waals surface area contributed by atoms with E-state index in [-0.39, 0.29) is 24.5 Å². The number of carbonyl (C=O) groups excluding carboxylic acids is 4. The molecule has 2 aromatic rings. The van der Waals surface area contributed by atoms with Gasteiger partial charge in [-0.15, -0.1) is 0 Å². The van der Waals surface area contributed by atoms with Gasteiger partial charge in [-0.3, -0.25) is 14.4 Å². The zero-order chi connectivity index (χ0) is 32.2. The molecule has 0 fully saturated rings. The Kier molecular flexibility index (Phi) is 13.3. The quantitative estimate of drug-likeness (QED) is 0.185. The topological polar surface area (TPSA) is 154 Å². The third kappa shape index (κ3) is 11.5. The molecule has 43 heavy (non-hydrogen) atoms. The van der Waals surface area contributed by atoms with E-state index < -0.39 is 48.1 Å². The number of esters is 1. The molecule has 2 aromatic carbocycles. The van der Waals surface area contributed by atoms with E-state index in [1.54, 1.807) is 52.0 Å². The van der Waals surface area contributed by atoms with Crippen LogP contribution in [0.25, 0.3) is 0 Å². The summed E-state index contributed by atoms with van der Waals surface area (Å²) in [6.07, 6.45) is 2.51. The van der Waals surface area contributed by atoms with E-state index >= 15 is 0 Å². The van der Waals surface area contributed by atoms with Gasteiger partial charge in [0, 0.05) is 13.0 Å². The van der Waals surface area contributed by atoms with Crippen LogP contribution in [0.15, 0.2) is 42.5 Å². The first-order valence-electron chi connectivity index (χ1n) is 14.5. The highest BCUT2D eigenvalue weighted by Gasteiger charge is 2.36. The van der Waals surface area contributed by atoms with Gasteiger partial charge in [0.2, 0.25) is 11.8 Å². The predicted octanol–water partition coefficient (Wildman–Crippen LogP) is 4.28. The Morgan fingerprint density at radius 3 is 2.23 bits per heavy atom. The van der Waals surface area contributed by atoms with Gasteiger partial charge in [-0.2, -0.15) is 0 Å². The van der Waals surface area contributed by atoms with Crippen molar-refractivity contribution in [3.05, 3.63) is 59.2 Å². The molecule has 0 saturated heterocycles. The maximum absolute atomic E-state index is 14.4. The lowest BCUT2D eigenvalue weighted by Crippen LogP contribution is -2.54. The molecule has 3 amide bonds. The molecule has 11 heteroatoms. The summed E-state index contributed by atoms with van der Waals surface area (Å²) in [6, 6.07) is 8.51. The molecule has 0 spiro atoms. The number of phenolic OH excluding ortho intramolecular Hbond substituents is 2. The van der Waals surface area contributed by atoms with E-state index in [9.17, 15) is 29.4 Å². The number of aromatic hydroxyl groups is 2. The Labute approximate surface area is 253 Å². The lowest BCUT2D eigenvalue weighted by molar-refractivity contribution is -0.144. The van der Waals surface area contributed by atoms with Gasteiger partial charge in [0.25, 0.3) is 0 Å². The number of methoxy groups -OCH3 is 1. The van der Waals surface area contributed by atoms with Gasteiger partial charge in [-0.25, -0.2) is 4.79 Å². The predicted molar refractivity (Wildman–Crippen MR) is 161 cm³/mol. The Morgan fingerprint density at radius 1 is 0.977 bits per heavy atom. The fourth-order valence-electron chi connectivity index (χ4n) is 4.44. The second kappa shape index (κ2) is 16.4. The smallest absolute Gasteiger partial charge is 0.408 e. The van der Waals surface area contributed by atoms with Crippen LogP contribution in [0.3, 0.4) is 0 Å². The van der Waals surface area contributed by atoms with Crippen LogP contribution >= 0.6 is 0 Å². The average Bonchev–Trinajstić information content (AvgIpc) is 2.94. The molecule has 11 nitrogen and oxygen atoms in total. The SMILES string of the molecule is CCCCCCN(C(=O)C(Cc1ccc(O)cc1)NC(=O)OC(C)(C)C)C(C(=O)NCC(=O)OC)c1ccc(O)c(C)c1. The van der Waals surface area contributed by atoms with Crippen molar-refractivity contribution < 1.29 is 38.9 Å². The fraction of sp³-hybridized carbons (Fsp3) is 0.500. The fourth-order valence-corrected chi connectivity index (χ4v) is 4.44. The van der Waals surface area contributed by atoms with Crippen LogP contribution in [0.4, 0.5) is 4.79 Å². The zero-order valence-corrected chi connectivity index (χ0v) is 25.9. The number of alkyl carbamates (subject to hydrolysis) is 1. The van der Waals surface area contributed by atoms with Gasteiger partial charge in [0.15, 0.2) is 0 Å². The lowest BCUT2D eigenvalue weighted by atomic mass is 9.98. The standard InChI is InChI=1S/C32H45N3O8/c1-7-8-9-10-17-35(28(29(39)33-20-27(38)42-6)23-13-16-26(37)21(2)18-23)30(40)25(34-31(41)43-32(3,4)5)19-22-11-14-24(36)15-12-22/h11-16,18,25,28,36-37H,7-10,17,19-20H2,1-6H3,(H,33,39)(H,34,41). The number of nitrogens with zero attached hydrogens (tertiary/aromatic N) is 1. The number of hydrogen-bond acceptors (Lipinski definition) is 8. The average molecular weight is 600 g/mol. The molecule has 0 saturated carbocycles. The highest BCUT2D eigenvalue weighted by atomic mass is 16.6. The van der Waals surface area contributed by atoms with Crippen molar-refractivity contribution in [3.63, 3.8) is 0 Å². The molecular weight excluding hydrogens is 554 g/mol. The first-order valence-corrected chi connectivity index (χ1v) is 14.5. The first kappa shape index (κ1) is 34.9. The summed E-state index contributed by atoms with van der Waals surface area (Å²) in [7, 11) is 1.20. The lowest BCUT2D eigenvalue weighted by Gasteiger charge is -2.35. The minimum absolute atomic E-state index is 0.0232. The number of amides is 3. The van der Waals surface area contributed by atoms with Crippen LogP contribution in [0.5, 0.6) is 11.5 Å². The van der Waals surface area contributed by atoms with Crippen molar-refractivity contribution in [2.24, 2.45) is 0 Å². The molecule has 0 aliphatic carbocycles. The maximum Gasteiger partial charge on any atom is 0.408 e. The van der Waals surface area contributed by atoms with E-state index in [1.807, 2.05) is 0 Å². The molecule has 0 radical (unpaired) electrons. The van der Waals surface area contributed by atoms with Crippen LogP contribution in [0.1, 0.15) is 76.1 Å². The van der Waals surface area contributed by atoms with Crippen LogP contribution in [0.2, 0.25) is 0 Å². The minimum Gasteiger partial charge on any atom is -0.508 e. The summed E-state index contributed by atoms with van der Waals surface area (Å²) in [5.74, 6) is -1.75. The summed E-state index contributed by atoms with van der Waals surface area (Å²) in [5, 5.41) is 25.2. The number of ether oxygens (including phenoxy) is 2. The van der Waals surface area contributed by atoms with Crippen molar-refractivity contribution in [1.82, 2.24) is 15.5 Å².